The molecule has 1 unspecified atom stereocenters. The molecule has 0 radical (unpaired) electrons. The number of aryl methyl sites for hydroxylation is 1. The van der Waals surface area contributed by atoms with Crippen molar-refractivity contribution in [3.63, 3.8) is 0 Å². The SMILES string of the molecule is Cc1ncoc1-c1nnc(SCCCN2CC[C@]3(CC3c3ccc(F)cc3C(F)(F)F)C2)n1C. The first kappa shape index (κ1) is 23.3. The number of alkyl halides is 3. The van der Waals surface area contributed by atoms with Crippen molar-refractivity contribution < 1.29 is 22.0 Å². The molecule has 11 heteroatoms. The Kier molecular flexibility index (Phi) is 5.96. The van der Waals surface area contributed by atoms with Crippen LogP contribution in [0.15, 0.2) is 34.2 Å². The molecular weight excluding hydrogens is 470 g/mol. The van der Waals surface area contributed by atoms with E-state index in [-0.39, 0.29) is 16.9 Å². The number of rotatable bonds is 7. The van der Waals surface area contributed by atoms with Crippen molar-refractivity contribution in [3.8, 4) is 11.6 Å². The van der Waals surface area contributed by atoms with Crippen LogP contribution >= 0.6 is 11.8 Å². The van der Waals surface area contributed by atoms with Gasteiger partial charge in [-0.05, 0) is 68.3 Å². The third-order valence-electron chi connectivity index (χ3n) is 6.98. The Labute approximate surface area is 198 Å². The highest BCUT2D eigenvalue weighted by Gasteiger charge is 2.59. The number of hydrogen-bond donors (Lipinski definition) is 0. The molecule has 6 nitrogen and oxygen atoms in total. The van der Waals surface area contributed by atoms with E-state index in [2.05, 4.69) is 20.1 Å². The van der Waals surface area contributed by atoms with Crippen LogP contribution in [0.1, 0.15) is 42.0 Å². The van der Waals surface area contributed by atoms with E-state index < -0.39 is 17.6 Å². The van der Waals surface area contributed by atoms with Gasteiger partial charge in [-0.25, -0.2) is 9.37 Å². The van der Waals surface area contributed by atoms with E-state index in [1.54, 1.807) is 11.8 Å². The number of nitrogens with zero attached hydrogens (tertiary/aromatic N) is 5. The van der Waals surface area contributed by atoms with Crippen LogP contribution in [0.2, 0.25) is 0 Å². The third kappa shape index (κ3) is 4.35. The quantitative estimate of drug-likeness (QED) is 0.252. The highest BCUT2D eigenvalue weighted by Crippen LogP contribution is 2.65. The first-order valence-electron chi connectivity index (χ1n) is 11.2. The van der Waals surface area contributed by atoms with Crippen molar-refractivity contribution in [2.24, 2.45) is 12.5 Å². The highest BCUT2D eigenvalue weighted by molar-refractivity contribution is 7.99. The molecule has 34 heavy (non-hydrogen) atoms. The van der Waals surface area contributed by atoms with Crippen molar-refractivity contribution in [3.05, 3.63) is 47.2 Å². The summed E-state index contributed by atoms with van der Waals surface area (Å²) in [6.07, 6.45) is -0.611. The molecule has 0 bridgehead atoms. The number of aromatic nitrogens is 4. The Morgan fingerprint density at radius 2 is 2.09 bits per heavy atom. The summed E-state index contributed by atoms with van der Waals surface area (Å²) in [5.41, 5.74) is 0.0638. The van der Waals surface area contributed by atoms with Gasteiger partial charge in [0.25, 0.3) is 0 Å². The summed E-state index contributed by atoms with van der Waals surface area (Å²) in [6, 6.07) is 3.10. The fraction of sp³-hybridized carbons (Fsp3) is 0.522. The van der Waals surface area contributed by atoms with Gasteiger partial charge in [0.15, 0.2) is 17.3 Å². The van der Waals surface area contributed by atoms with Crippen LogP contribution < -0.4 is 0 Å². The van der Waals surface area contributed by atoms with Crippen molar-refractivity contribution in [1.82, 2.24) is 24.6 Å². The highest BCUT2D eigenvalue weighted by atomic mass is 32.2. The van der Waals surface area contributed by atoms with Crippen molar-refractivity contribution in [2.45, 2.75) is 43.4 Å². The fourth-order valence-electron chi connectivity index (χ4n) is 5.10. The average Bonchev–Trinajstić information content (AvgIpc) is 3.07. The predicted octanol–water partition coefficient (Wildman–Crippen LogP) is 5.30. The average molecular weight is 496 g/mol. The second-order valence-corrected chi connectivity index (χ2v) is 10.3. The predicted molar refractivity (Wildman–Crippen MR) is 119 cm³/mol. The van der Waals surface area contributed by atoms with Crippen LogP contribution in [0, 0.1) is 18.2 Å². The maximum absolute atomic E-state index is 13.5. The Balaban J connectivity index is 1.14. The molecule has 1 saturated heterocycles. The number of thioether (sulfide) groups is 1. The summed E-state index contributed by atoms with van der Waals surface area (Å²) in [6.45, 7) is 4.40. The maximum atomic E-state index is 13.5. The van der Waals surface area contributed by atoms with Crippen molar-refractivity contribution in [1.29, 1.82) is 0 Å². The van der Waals surface area contributed by atoms with Gasteiger partial charge in [0.1, 0.15) is 5.82 Å². The normalized spacial score (nSPS) is 22.7. The van der Waals surface area contributed by atoms with Gasteiger partial charge in [-0.3, -0.25) is 0 Å². The molecule has 2 atom stereocenters. The second-order valence-electron chi connectivity index (χ2n) is 9.21. The van der Waals surface area contributed by atoms with Gasteiger partial charge >= 0.3 is 6.18 Å². The van der Waals surface area contributed by atoms with E-state index in [0.29, 0.717) is 17.7 Å². The second kappa shape index (κ2) is 8.67. The van der Waals surface area contributed by atoms with Crippen LogP contribution in [0.3, 0.4) is 0 Å². The summed E-state index contributed by atoms with van der Waals surface area (Å²) in [4.78, 5) is 6.42. The van der Waals surface area contributed by atoms with Crippen LogP contribution in [-0.2, 0) is 13.2 Å². The van der Waals surface area contributed by atoms with Gasteiger partial charge in [0.05, 0.1) is 11.3 Å². The molecule has 2 aromatic heterocycles. The zero-order valence-electron chi connectivity index (χ0n) is 18.9. The molecule has 1 aromatic carbocycles. The lowest BCUT2D eigenvalue weighted by atomic mass is 9.94. The molecule has 1 aliphatic heterocycles. The summed E-state index contributed by atoms with van der Waals surface area (Å²) in [5.74, 6) is 1.10. The van der Waals surface area contributed by atoms with Gasteiger partial charge in [0.2, 0.25) is 5.82 Å². The Morgan fingerprint density at radius 1 is 1.26 bits per heavy atom. The molecule has 1 aliphatic carbocycles. The smallest absolute Gasteiger partial charge is 0.416 e. The van der Waals surface area contributed by atoms with E-state index in [0.717, 1.165) is 61.6 Å². The minimum atomic E-state index is -4.54. The molecule has 3 heterocycles. The maximum Gasteiger partial charge on any atom is 0.416 e. The Morgan fingerprint density at radius 3 is 2.82 bits per heavy atom. The van der Waals surface area contributed by atoms with E-state index in [1.165, 1.54) is 12.5 Å². The summed E-state index contributed by atoms with van der Waals surface area (Å²) >= 11 is 1.61. The van der Waals surface area contributed by atoms with Crippen LogP contribution in [0.25, 0.3) is 11.6 Å². The van der Waals surface area contributed by atoms with E-state index in [1.807, 2.05) is 18.5 Å². The lowest BCUT2D eigenvalue weighted by molar-refractivity contribution is -0.138. The number of likely N-dealkylation sites (tertiary alicyclic amines) is 1. The van der Waals surface area contributed by atoms with E-state index in [9.17, 15) is 17.6 Å². The molecule has 1 spiro atoms. The zero-order valence-corrected chi connectivity index (χ0v) is 19.7. The van der Waals surface area contributed by atoms with Crippen molar-refractivity contribution >= 4 is 11.8 Å². The largest absolute Gasteiger partial charge is 0.440 e. The topological polar surface area (TPSA) is 60.0 Å². The number of hydrogen-bond acceptors (Lipinski definition) is 6. The minimum absolute atomic E-state index is 0.113. The molecule has 2 fully saturated rings. The lowest BCUT2D eigenvalue weighted by Crippen LogP contribution is -2.23. The molecule has 0 N–H and O–H groups in total. The standard InChI is InChI=1S/C23H25F4N5OS/c1-14-19(33-13-28-14)20-29-30-21(31(20)2)34-9-3-7-32-8-6-22(12-32)11-18(22)16-5-4-15(24)10-17(16)23(25,26)27/h4-5,10,13,18H,3,6-9,11-12H2,1-2H3/t18?,22-/m0/s1. The zero-order chi connectivity index (χ0) is 24.1. The Hall–Kier alpha value is -2.40. The first-order chi connectivity index (χ1) is 16.2. The molecule has 3 aromatic rings. The van der Waals surface area contributed by atoms with Gasteiger partial charge in [0, 0.05) is 19.3 Å². The molecule has 182 valence electrons. The molecule has 1 saturated carbocycles. The molecule has 5 rings (SSSR count). The van der Waals surface area contributed by atoms with Gasteiger partial charge in [-0.15, -0.1) is 10.2 Å². The monoisotopic (exact) mass is 495 g/mol. The van der Waals surface area contributed by atoms with Crippen LogP contribution in [-0.4, -0.2) is 50.0 Å². The summed E-state index contributed by atoms with van der Waals surface area (Å²) in [5, 5.41) is 9.26. The summed E-state index contributed by atoms with van der Waals surface area (Å²) in [7, 11) is 1.89. The third-order valence-corrected chi connectivity index (χ3v) is 8.09. The number of halogens is 4. The fourth-order valence-corrected chi connectivity index (χ4v) is 5.93. The van der Waals surface area contributed by atoms with E-state index in [4.69, 9.17) is 4.42 Å². The van der Waals surface area contributed by atoms with Crippen LogP contribution in [0.4, 0.5) is 17.6 Å². The van der Waals surface area contributed by atoms with E-state index >= 15 is 0 Å². The number of benzene rings is 1. The molecule has 0 amide bonds. The molecule has 2 aliphatic rings. The first-order valence-corrected chi connectivity index (χ1v) is 12.2. The van der Waals surface area contributed by atoms with Crippen molar-refractivity contribution in [2.75, 3.05) is 25.4 Å². The number of oxazole rings is 1. The van der Waals surface area contributed by atoms with Crippen LogP contribution in [0.5, 0.6) is 0 Å². The van der Waals surface area contributed by atoms with Gasteiger partial charge in [-0.1, -0.05) is 17.8 Å². The minimum Gasteiger partial charge on any atom is -0.440 e. The van der Waals surface area contributed by atoms with Gasteiger partial charge < -0.3 is 13.9 Å². The lowest BCUT2D eigenvalue weighted by Gasteiger charge is -2.17. The van der Waals surface area contributed by atoms with Gasteiger partial charge in [-0.2, -0.15) is 13.2 Å². The summed E-state index contributed by atoms with van der Waals surface area (Å²) < 4.78 is 61.1. The Bertz CT molecular complexity index is 1190. The molecular formula is C23H25F4N5OS.